The molecular formula is C44H82O10. The van der Waals surface area contributed by atoms with Crippen LogP contribution in [0.15, 0.2) is 12.2 Å². The van der Waals surface area contributed by atoms with Crippen molar-refractivity contribution in [2.45, 2.75) is 237 Å². The molecule has 1 rings (SSSR count). The Morgan fingerprint density at radius 3 is 1.48 bits per heavy atom. The van der Waals surface area contributed by atoms with Gasteiger partial charge in [-0.15, -0.1) is 0 Å². The molecule has 318 valence electrons. The molecule has 0 aromatic rings. The summed E-state index contributed by atoms with van der Waals surface area (Å²) in [5.74, 6) is -0.808. The maximum Gasteiger partial charge on any atom is 0.306 e. The van der Waals surface area contributed by atoms with Gasteiger partial charge in [-0.1, -0.05) is 161 Å². The van der Waals surface area contributed by atoms with Crippen LogP contribution in [0.1, 0.15) is 200 Å². The number of esters is 2. The number of ether oxygens (including phenoxy) is 4. The van der Waals surface area contributed by atoms with Crippen LogP contribution in [-0.4, -0.2) is 89.0 Å². The summed E-state index contributed by atoms with van der Waals surface area (Å²) >= 11 is 0. The largest absolute Gasteiger partial charge is 0.462 e. The minimum Gasteiger partial charge on any atom is -0.462 e. The lowest BCUT2D eigenvalue weighted by atomic mass is 9.99. The van der Waals surface area contributed by atoms with Gasteiger partial charge in [-0.2, -0.15) is 0 Å². The zero-order valence-corrected chi connectivity index (χ0v) is 34.5. The SMILES string of the molecule is CCCCC/C=C/CCCCCCCC(=O)OC[C@H](CO[C@@H]1O[C@H](CO)[C@H](O)C(O)C1O)OC(=O)CCCCCCCCCCCCCCCCCCC. The van der Waals surface area contributed by atoms with Crippen molar-refractivity contribution in [3.63, 3.8) is 0 Å². The summed E-state index contributed by atoms with van der Waals surface area (Å²) in [5.41, 5.74) is 0. The average molecular weight is 771 g/mol. The molecule has 4 N–H and O–H groups in total. The first-order valence-electron chi connectivity index (χ1n) is 22.3. The molecule has 0 aliphatic carbocycles. The van der Waals surface area contributed by atoms with Crippen LogP contribution in [-0.2, 0) is 28.5 Å². The Morgan fingerprint density at radius 2 is 0.981 bits per heavy atom. The summed E-state index contributed by atoms with van der Waals surface area (Å²) in [6.45, 7) is 3.40. The predicted octanol–water partition coefficient (Wildman–Crippen LogP) is 9.17. The van der Waals surface area contributed by atoms with Gasteiger partial charge in [-0.05, 0) is 38.5 Å². The molecule has 0 aromatic carbocycles. The van der Waals surface area contributed by atoms with E-state index in [1.165, 1.54) is 103 Å². The highest BCUT2D eigenvalue weighted by molar-refractivity contribution is 5.70. The van der Waals surface area contributed by atoms with Crippen molar-refractivity contribution in [2.24, 2.45) is 0 Å². The third-order valence-corrected chi connectivity index (χ3v) is 10.4. The Hall–Kier alpha value is -1.56. The highest BCUT2D eigenvalue weighted by Crippen LogP contribution is 2.23. The van der Waals surface area contributed by atoms with Gasteiger partial charge in [0.05, 0.1) is 13.2 Å². The molecule has 0 saturated carbocycles. The van der Waals surface area contributed by atoms with Gasteiger partial charge in [-0.3, -0.25) is 9.59 Å². The number of allylic oxidation sites excluding steroid dienone is 2. The fraction of sp³-hybridized carbons (Fsp3) is 0.909. The topological polar surface area (TPSA) is 152 Å². The van der Waals surface area contributed by atoms with Crippen LogP contribution in [0.25, 0.3) is 0 Å². The van der Waals surface area contributed by atoms with E-state index in [0.717, 1.165) is 64.2 Å². The van der Waals surface area contributed by atoms with Crippen molar-refractivity contribution in [1.29, 1.82) is 0 Å². The number of hydrogen-bond donors (Lipinski definition) is 4. The predicted molar refractivity (Wildman–Crippen MR) is 215 cm³/mol. The van der Waals surface area contributed by atoms with Crippen LogP contribution in [0.4, 0.5) is 0 Å². The van der Waals surface area contributed by atoms with Crippen molar-refractivity contribution in [2.75, 3.05) is 19.8 Å². The Labute approximate surface area is 329 Å². The molecule has 1 saturated heterocycles. The summed E-state index contributed by atoms with van der Waals surface area (Å²) in [4.78, 5) is 25.3. The van der Waals surface area contributed by atoms with Gasteiger partial charge in [0.25, 0.3) is 0 Å². The number of rotatable bonds is 37. The van der Waals surface area contributed by atoms with Gasteiger partial charge in [0.1, 0.15) is 31.0 Å². The lowest BCUT2D eigenvalue weighted by Gasteiger charge is -2.39. The molecule has 2 unspecified atom stereocenters. The van der Waals surface area contributed by atoms with Crippen molar-refractivity contribution in [3.8, 4) is 0 Å². The van der Waals surface area contributed by atoms with E-state index in [0.29, 0.717) is 6.42 Å². The molecule has 0 bridgehead atoms. The lowest BCUT2D eigenvalue weighted by Crippen LogP contribution is -2.59. The molecule has 10 heteroatoms. The van der Waals surface area contributed by atoms with Crippen molar-refractivity contribution >= 4 is 11.9 Å². The number of unbranched alkanes of at least 4 members (excludes halogenated alkanes) is 24. The van der Waals surface area contributed by atoms with E-state index < -0.39 is 49.4 Å². The summed E-state index contributed by atoms with van der Waals surface area (Å²) < 4.78 is 22.1. The number of aliphatic hydroxyl groups is 4. The second-order valence-electron chi connectivity index (χ2n) is 15.5. The number of hydrogen-bond acceptors (Lipinski definition) is 10. The molecule has 6 atom stereocenters. The Balaban J connectivity index is 2.32. The van der Waals surface area contributed by atoms with Crippen molar-refractivity contribution in [1.82, 2.24) is 0 Å². The smallest absolute Gasteiger partial charge is 0.306 e. The molecule has 0 radical (unpaired) electrons. The molecule has 10 nitrogen and oxygen atoms in total. The quantitative estimate of drug-likeness (QED) is 0.0273. The molecule has 1 aliphatic heterocycles. The van der Waals surface area contributed by atoms with Crippen LogP contribution in [0.2, 0.25) is 0 Å². The maximum atomic E-state index is 12.8. The summed E-state index contributed by atoms with van der Waals surface area (Å²) in [5, 5.41) is 40.0. The lowest BCUT2D eigenvalue weighted by molar-refractivity contribution is -0.305. The molecular weight excluding hydrogens is 688 g/mol. The molecule has 54 heavy (non-hydrogen) atoms. The zero-order valence-electron chi connectivity index (χ0n) is 34.5. The maximum absolute atomic E-state index is 12.8. The zero-order chi connectivity index (χ0) is 39.5. The fourth-order valence-corrected chi connectivity index (χ4v) is 6.83. The summed E-state index contributed by atoms with van der Waals surface area (Å²) in [6.07, 6.45) is 29.3. The first kappa shape index (κ1) is 50.5. The molecule has 0 aromatic heterocycles. The van der Waals surface area contributed by atoms with Crippen molar-refractivity contribution < 1.29 is 49.0 Å². The second kappa shape index (κ2) is 35.8. The van der Waals surface area contributed by atoms with Gasteiger partial charge < -0.3 is 39.4 Å². The van der Waals surface area contributed by atoms with E-state index in [9.17, 15) is 30.0 Å². The standard InChI is InChI=1S/C44H82O10/c1-3-5-7-9-11-13-15-17-18-19-20-21-23-25-27-29-31-33-40(47)53-37(36-52-44-43(50)42(49)41(48)38(34-45)54-44)35-51-39(46)32-30-28-26-24-22-16-14-12-10-8-6-4-2/h12,14,37-38,41-45,48-50H,3-11,13,15-36H2,1-2H3/b14-12+/t37-,38-,41+,42?,43?,44-/m1/s1. The summed E-state index contributed by atoms with van der Waals surface area (Å²) in [7, 11) is 0. The monoisotopic (exact) mass is 771 g/mol. The van der Waals surface area contributed by atoms with Crippen LogP contribution in [0.5, 0.6) is 0 Å². The Bertz CT molecular complexity index is 897. The summed E-state index contributed by atoms with van der Waals surface area (Å²) in [6, 6.07) is 0. The van der Waals surface area contributed by atoms with E-state index in [-0.39, 0.29) is 32.0 Å². The van der Waals surface area contributed by atoms with E-state index >= 15 is 0 Å². The van der Waals surface area contributed by atoms with Crippen LogP contribution in [0.3, 0.4) is 0 Å². The van der Waals surface area contributed by atoms with Crippen LogP contribution in [0, 0.1) is 0 Å². The fourth-order valence-electron chi connectivity index (χ4n) is 6.83. The first-order chi connectivity index (χ1) is 26.3. The van der Waals surface area contributed by atoms with Gasteiger partial charge in [0.2, 0.25) is 0 Å². The van der Waals surface area contributed by atoms with Gasteiger partial charge >= 0.3 is 11.9 Å². The van der Waals surface area contributed by atoms with Crippen LogP contribution < -0.4 is 0 Å². The minimum absolute atomic E-state index is 0.217. The number of aliphatic hydroxyl groups excluding tert-OH is 4. The first-order valence-corrected chi connectivity index (χ1v) is 22.3. The van der Waals surface area contributed by atoms with Gasteiger partial charge in [0.15, 0.2) is 12.4 Å². The van der Waals surface area contributed by atoms with E-state index in [1.807, 2.05) is 0 Å². The normalized spacial score (nSPS) is 20.7. The van der Waals surface area contributed by atoms with E-state index in [1.54, 1.807) is 0 Å². The number of carbonyl (C=O) groups excluding carboxylic acids is 2. The van der Waals surface area contributed by atoms with Crippen molar-refractivity contribution in [3.05, 3.63) is 12.2 Å². The highest BCUT2D eigenvalue weighted by Gasteiger charge is 2.44. The number of carbonyl (C=O) groups is 2. The van der Waals surface area contributed by atoms with Gasteiger partial charge in [-0.25, -0.2) is 0 Å². The average Bonchev–Trinajstić information content (AvgIpc) is 3.17. The van der Waals surface area contributed by atoms with Crippen LogP contribution >= 0.6 is 0 Å². The molecule has 1 fully saturated rings. The molecule has 0 spiro atoms. The third kappa shape index (κ3) is 27.1. The Kier molecular flexibility index (Phi) is 33.5. The molecule has 0 amide bonds. The van der Waals surface area contributed by atoms with Gasteiger partial charge in [0, 0.05) is 12.8 Å². The van der Waals surface area contributed by atoms with E-state index in [4.69, 9.17) is 18.9 Å². The second-order valence-corrected chi connectivity index (χ2v) is 15.5. The third-order valence-electron chi connectivity index (χ3n) is 10.4. The minimum atomic E-state index is -1.59. The Morgan fingerprint density at radius 1 is 0.556 bits per heavy atom. The van der Waals surface area contributed by atoms with E-state index in [2.05, 4.69) is 26.0 Å². The molecule has 1 heterocycles. The molecule has 1 aliphatic rings. The highest BCUT2D eigenvalue weighted by atomic mass is 16.7.